The Morgan fingerprint density at radius 2 is 0.688 bits per heavy atom. The predicted octanol–water partition coefficient (Wildman–Crippen LogP) is 12.9. The van der Waals surface area contributed by atoms with Gasteiger partial charge in [-0.05, 0) is 87.6 Å². The summed E-state index contributed by atoms with van der Waals surface area (Å²) in [5.74, 6) is 4.85. The Bertz CT molecular complexity index is 2530. The van der Waals surface area contributed by atoms with E-state index in [1.165, 1.54) is 0 Å². The molecule has 0 aliphatic carbocycles. The summed E-state index contributed by atoms with van der Waals surface area (Å²) in [6.45, 7) is 0. The number of para-hydroxylation sites is 4. The summed E-state index contributed by atoms with van der Waals surface area (Å²) >= 11 is 0. The first-order valence-electron chi connectivity index (χ1n) is 15.9. The van der Waals surface area contributed by atoms with Gasteiger partial charge >= 0.3 is 0 Å². The molecule has 48 heavy (non-hydrogen) atoms. The standard InChI is InChI=1S/C44H28O4/c1-5-17-30(18-6-1)45-37-28-27-35-34-25-13-15-29-16-14-26-36(38(29)34)40-39(35)41(37)43(47-32-21-9-3-10-22-32)44(48-33-23-11-4-12-24-33)42(40)46-31-19-7-2-8-20-31/h1-28H. The van der Waals surface area contributed by atoms with Crippen LogP contribution in [0.2, 0.25) is 0 Å². The molecule has 9 rings (SSSR count). The maximum atomic E-state index is 6.94. The highest BCUT2D eigenvalue weighted by atomic mass is 16.5. The Morgan fingerprint density at radius 3 is 1.23 bits per heavy atom. The molecule has 0 saturated heterocycles. The first-order chi connectivity index (χ1) is 23.8. The fourth-order valence-corrected chi connectivity index (χ4v) is 6.57. The number of hydrogen-bond acceptors (Lipinski definition) is 4. The Morgan fingerprint density at radius 1 is 0.250 bits per heavy atom. The third kappa shape index (κ3) is 4.79. The van der Waals surface area contributed by atoms with Crippen LogP contribution in [0.1, 0.15) is 0 Å². The Kier molecular flexibility index (Phi) is 6.76. The zero-order valence-electron chi connectivity index (χ0n) is 25.8. The van der Waals surface area contributed by atoms with Crippen LogP contribution in [0.4, 0.5) is 0 Å². The van der Waals surface area contributed by atoms with E-state index in [4.69, 9.17) is 18.9 Å². The van der Waals surface area contributed by atoms with Crippen molar-refractivity contribution < 1.29 is 18.9 Å². The first kappa shape index (κ1) is 27.8. The van der Waals surface area contributed by atoms with E-state index in [2.05, 4.69) is 42.5 Å². The summed E-state index contributed by atoms with van der Waals surface area (Å²) in [5.41, 5.74) is 0. The van der Waals surface area contributed by atoms with E-state index < -0.39 is 0 Å². The van der Waals surface area contributed by atoms with Gasteiger partial charge in [0.05, 0.1) is 5.39 Å². The Hall–Kier alpha value is -6.52. The summed E-state index contributed by atoms with van der Waals surface area (Å²) in [6, 6.07) is 56.2. The molecule has 0 bridgehead atoms. The smallest absolute Gasteiger partial charge is 0.213 e. The van der Waals surface area contributed by atoms with Crippen LogP contribution in [0.5, 0.6) is 46.0 Å². The van der Waals surface area contributed by atoms with Crippen LogP contribution in [0.25, 0.3) is 43.1 Å². The minimum atomic E-state index is 0.447. The summed E-state index contributed by atoms with van der Waals surface area (Å²) in [7, 11) is 0. The minimum absolute atomic E-state index is 0.447. The van der Waals surface area contributed by atoms with E-state index in [-0.39, 0.29) is 0 Å². The molecule has 0 fully saturated rings. The van der Waals surface area contributed by atoms with Crippen molar-refractivity contribution in [2.45, 2.75) is 0 Å². The SMILES string of the molecule is c1ccc(Oc2c(Oc3ccccc3)c3c(Oc4ccccc4)ccc4c5cccc6cccc(c(c2Oc2ccccc2)c34)c65)cc1. The van der Waals surface area contributed by atoms with E-state index in [0.717, 1.165) is 43.1 Å². The Labute approximate surface area is 277 Å². The highest BCUT2D eigenvalue weighted by molar-refractivity contribution is 6.36. The number of rotatable bonds is 8. The van der Waals surface area contributed by atoms with Crippen molar-refractivity contribution in [3.05, 3.63) is 170 Å². The van der Waals surface area contributed by atoms with E-state index in [1.807, 2.05) is 127 Å². The topological polar surface area (TPSA) is 36.9 Å². The quantitative estimate of drug-likeness (QED) is 0.125. The molecule has 0 N–H and O–H groups in total. The molecule has 0 spiro atoms. The molecule has 9 aromatic carbocycles. The normalized spacial score (nSPS) is 11.3. The summed E-state index contributed by atoms with van der Waals surface area (Å²) in [5, 5.41) is 8.22. The molecular weight excluding hydrogens is 592 g/mol. The van der Waals surface area contributed by atoms with Gasteiger partial charge in [-0.1, -0.05) is 109 Å². The molecule has 4 heteroatoms. The van der Waals surface area contributed by atoms with Crippen molar-refractivity contribution >= 4 is 43.1 Å². The third-order valence-electron chi connectivity index (χ3n) is 8.61. The lowest BCUT2D eigenvalue weighted by Gasteiger charge is -2.24. The van der Waals surface area contributed by atoms with Crippen molar-refractivity contribution in [3.63, 3.8) is 0 Å². The lowest BCUT2D eigenvalue weighted by molar-refractivity contribution is 0.391. The Balaban J connectivity index is 1.49. The number of ether oxygens (including phenoxy) is 4. The monoisotopic (exact) mass is 620 g/mol. The maximum absolute atomic E-state index is 6.94. The molecule has 0 amide bonds. The molecule has 0 aromatic heterocycles. The van der Waals surface area contributed by atoms with Crippen molar-refractivity contribution in [1.29, 1.82) is 0 Å². The molecule has 9 aromatic rings. The maximum Gasteiger partial charge on any atom is 0.213 e. The molecule has 0 aliphatic rings. The van der Waals surface area contributed by atoms with Crippen LogP contribution in [0.3, 0.4) is 0 Å². The molecule has 0 atom stereocenters. The van der Waals surface area contributed by atoms with Crippen LogP contribution < -0.4 is 18.9 Å². The third-order valence-corrected chi connectivity index (χ3v) is 8.61. The van der Waals surface area contributed by atoms with Crippen LogP contribution in [0, 0.1) is 0 Å². The molecule has 0 saturated carbocycles. The van der Waals surface area contributed by atoms with Crippen LogP contribution >= 0.6 is 0 Å². The average Bonchev–Trinajstić information content (AvgIpc) is 3.14. The first-order valence-corrected chi connectivity index (χ1v) is 15.9. The highest BCUT2D eigenvalue weighted by Gasteiger charge is 2.29. The second kappa shape index (κ2) is 11.7. The number of benzene rings is 9. The molecular formula is C44H28O4. The van der Waals surface area contributed by atoms with E-state index in [9.17, 15) is 0 Å². The summed E-state index contributed by atoms with van der Waals surface area (Å²) in [4.78, 5) is 0. The van der Waals surface area contributed by atoms with Gasteiger partial charge in [-0.15, -0.1) is 0 Å². The van der Waals surface area contributed by atoms with Gasteiger partial charge in [0.1, 0.15) is 28.7 Å². The van der Waals surface area contributed by atoms with Gasteiger partial charge in [0.2, 0.25) is 5.75 Å². The predicted molar refractivity (Wildman–Crippen MR) is 194 cm³/mol. The zero-order valence-corrected chi connectivity index (χ0v) is 25.8. The molecule has 0 radical (unpaired) electrons. The molecule has 0 aliphatic heterocycles. The fraction of sp³-hybridized carbons (Fsp3) is 0. The van der Waals surface area contributed by atoms with E-state index in [0.29, 0.717) is 46.0 Å². The second-order valence-corrected chi connectivity index (χ2v) is 11.6. The molecule has 0 heterocycles. The van der Waals surface area contributed by atoms with Gasteiger partial charge in [0, 0.05) is 10.8 Å². The zero-order chi connectivity index (χ0) is 31.9. The van der Waals surface area contributed by atoms with Gasteiger partial charge in [0.25, 0.3) is 0 Å². The van der Waals surface area contributed by atoms with E-state index >= 15 is 0 Å². The minimum Gasteiger partial charge on any atom is -0.457 e. The average molecular weight is 621 g/mol. The molecule has 0 unspecified atom stereocenters. The number of hydrogen-bond donors (Lipinski definition) is 0. The summed E-state index contributed by atoms with van der Waals surface area (Å²) < 4.78 is 27.4. The highest BCUT2D eigenvalue weighted by Crippen LogP contribution is 2.58. The van der Waals surface area contributed by atoms with Crippen LogP contribution in [-0.2, 0) is 0 Å². The van der Waals surface area contributed by atoms with Gasteiger partial charge < -0.3 is 18.9 Å². The van der Waals surface area contributed by atoms with Crippen molar-refractivity contribution in [2.75, 3.05) is 0 Å². The number of fused-ring (bicyclic) bond motifs is 2. The van der Waals surface area contributed by atoms with Crippen LogP contribution in [0.15, 0.2) is 170 Å². The van der Waals surface area contributed by atoms with Crippen molar-refractivity contribution in [2.24, 2.45) is 0 Å². The lowest BCUT2D eigenvalue weighted by Crippen LogP contribution is -2.00. The second-order valence-electron chi connectivity index (χ2n) is 11.6. The molecule has 228 valence electrons. The van der Waals surface area contributed by atoms with Crippen molar-refractivity contribution in [3.8, 4) is 46.0 Å². The fourth-order valence-electron chi connectivity index (χ4n) is 6.57. The van der Waals surface area contributed by atoms with Gasteiger partial charge in [-0.3, -0.25) is 0 Å². The lowest BCUT2D eigenvalue weighted by atomic mass is 9.88. The van der Waals surface area contributed by atoms with Crippen molar-refractivity contribution in [1.82, 2.24) is 0 Å². The van der Waals surface area contributed by atoms with E-state index in [1.54, 1.807) is 0 Å². The molecule has 4 nitrogen and oxygen atoms in total. The van der Waals surface area contributed by atoms with Gasteiger partial charge in [-0.2, -0.15) is 0 Å². The largest absolute Gasteiger partial charge is 0.457 e. The summed E-state index contributed by atoms with van der Waals surface area (Å²) in [6.07, 6.45) is 0. The van der Waals surface area contributed by atoms with Gasteiger partial charge in [0.15, 0.2) is 11.5 Å². The van der Waals surface area contributed by atoms with Crippen LogP contribution in [-0.4, -0.2) is 0 Å². The van der Waals surface area contributed by atoms with Gasteiger partial charge in [-0.25, -0.2) is 0 Å².